The number of benzene rings is 1. The molecule has 8 heteroatoms. The zero-order valence-corrected chi connectivity index (χ0v) is 26.6. The Morgan fingerprint density at radius 1 is 0.974 bits per heavy atom. The van der Waals surface area contributed by atoms with Crippen LogP contribution in [-0.2, 0) is 14.3 Å². The van der Waals surface area contributed by atoms with Crippen molar-refractivity contribution < 1.29 is 19.1 Å². The molecule has 1 aromatic rings. The fraction of sp³-hybridized carbons (Fsp3) is 0.710. The summed E-state index contributed by atoms with van der Waals surface area (Å²) in [5.74, 6) is 0.237. The number of carbonyl (C=O) groups excluding carboxylic acids is 3. The highest BCUT2D eigenvalue weighted by atomic mass is 32.2. The van der Waals surface area contributed by atoms with Crippen LogP contribution in [0, 0.1) is 13.8 Å². The summed E-state index contributed by atoms with van der Waals surface area (Å²) in [4.78, 5) is 42.6. The molecule has 1 rings (SSSR count). The van der Waals surface area contributed by atoms with Crippen molar-refractivity contribution >= 4 is 29.7 Å². The number of carbonyl (C=O) groups is 3. The van der Waals surface area contributed by atoms with Gasteiger partial charge in [-0.2, -0.15) is 11.8 Å². The maximum atomic E-state index is 14.3. The fourth-order valence-corrected chi connectivity index (χ4v) is 4.92. The molecule has 0 radical (unpaired) electrons. The maximum absolute atomic E-state index is 14.3. The topological polar surface area (TPSA) is 87.7 Å². The third-order valence-corrected chi connectivity index (χ3v) is 7.30. The van der Waals surface area contributed by atoms with Gasteiger partial charge in [-0.15, -0.1) is 0 Å². The normalized spacial score (nSPS) is 13.8. The number of rotatable bonds is 16. The zero-order chi connectivity index (χ0) is 29.6. The number of aryl methyl sites for hydroxylation is 2. The van der Waals surface area contributed by atoms with Gasteiger partial charge >= 0.3 is 6.09 Å². The minimum atomic E-state index is -0.798. The van der Waals surface area contributed by atoms with Crippen molar-refractivity contribution in [2.75, 3.05) is 18.6 Å². The molecule has 7 nitrogen and oxygen atoms in total. The van der Waals surface area contributed by atoms with Gasteiger partial charge in [0, 0.05) is 12.6 Å². The smallest absolute Gasteiger partial charge is 0.408 e. The molecular weight excluding hydrogens is 510 g/mol. The van der Waals surface area contributed by atoms with E-state index >= 15 is 0 Å². The molecule has 1 aromatic carbocycles. The molecule has 0 aromatic heterocycles. The van der Waals surface area contributed by atoms with Crippen LogP contribution in [0.5, 0.6) is 0 Å². The summed E-state index contributed by atoms with van der Waals surface area (Å²) < 4.78 is 5.49. The molecule has 3 atom stereocenters. The molecule has 222 valence electrons. The Hall–Kier alpha value is -2.22. The van der Waals surface area contributed by atoms with Crippen LogP contribution in [0.1, 0.15) is 109 Å². The molecule has 0 saturated heterocycles. The standard InChI is InChI=1S/C31H53N3O4S/c1-10-12-13-14-19-34(29(36)26(18-20-39-9)33-30(37)38-31(6,7)8)27(28(35)32-24(5)15-11-2)25-17-16-22(3)23(4)21-25/h16-17,21,24,26-27H,10-15,18-20H2,1-9H3,(H,32,35)(H,33,37). The molecule has 0 fully saturated rings. The summed E-state index contributed by atoms with van der Waals surface area (Å²) in [6.45, 7) is 16.1. The SMILES string of the molecule is CCCCCCN(C(=O)C(CCSC)NC(=O)OC(C)(C)C)C(C(=O)NC(C)CCC)c1ccc(C)c(C)c1. The summed E-state index contributed by atoms with van der Waals surface area (Å²) >= 11 is 1.61. The molecule has 39 heavy (non-hydrogen) atoms. The van der Waals surface area contributed by atoms with Gasteiger partial charge in [0.25, 0.3) is 0 Å². The monoisotopic (exact) mass is 563 g/mol. The number of nitrogens with one attached hydrogen (secondary N) is 2. The van der Waals surface area contributed by atoms with Crippen molar-refractivity contribution in [2.24, 2.45) is 0 Å². The lowest BCUT2D eigenvalue weighted by Crippen LogP contribution is -2.54. The van der Waals surface area contributed by atoms with E-state index in [1.807, 2.05) is 45.2 Å². The van der Waals surface area contributed by atoms with Crippen LogP contribution in [0.2, 0.25) is 0 Å². The molecule has 3 amide bonds. The predicted octanol–water partition coefficient (Wildman–Crippen LogP) is 6.70. The van der Waals surface area contributed by atoms with Crippen LogP contribution >= 0.6 is 11.8 Å². The molecule has 0 aliphatic carbocycles. The Labute approximate surface area is 241 Å². The summed E-state index contributed by atoms with van der Waals surface area (Å²) in [5, 5.41) is 5.98. The van der Waals surface area contributed by atoms with E-state index < -0.39 is 23.8 Å². The maximum Gasteiger partial charge on any atom is 0.408 e. The number of unbranched alkanes of at least 4 members (excludes halogenated alkanes) is 3. The van der Waals surface area contributed by atoms with E-state index in [1.54, 1.807) is 37.4 Å². The quantitative estimate of drug-likeness (QED) is 0.218. The molecule has 0 bridgehead atoms. The average Bonchev–Trinajstić information content (AvgIpc) is 2.84. The third kappa shape index (κ3) is 12.7. The lowest BCUT2D eigenvalue weighted by molar-refractivity contribution is -0.143. The number of hydrogen-bond donors (Lipinski definition) is 2. The average molecular weight is 564 g/mol. The first kappa shape index (κ1) is 34.8. The van der Waals surface area contributed by atoms with Crippen LogP contribution in [0.25, 0.3) is 0 Å². The van der Waals surface area contributed by atoms with Crippen LogP contribution in [0.4, 0.5) is 4.79 Å². The first-order valence-electron chi connectivity index (χ1n) is 14.5. The van der Waals surface area contributed by atoms with Crippen molar-refractivity contribution in [2.45, 2.75) is 124 Å². The summed E-state index contributed by atoms with van der Waals surface area (Å²) in [6.07, 6.45) is 7.46. The zero-order valence-electron chi connectivity index (χ0n) is 25.8. The number of thioether (sulfide) groups is 1. The fourth-order valence-electron chi connectivity index (χ4n) is 4.45. The molecule has 0 spiro atoms. The van der Waals surface area contributed by atoms with Gasteiger partial charge in [0.2, 0.25) is 11.8 Å². The van der Waals surface area contributed by atoms with Gasteiger partial charge in [0.15, 0.2) is 0 Å². The van der Waals surface area contributed by atoms with Crippen molar-refractivity contribution in [1.29, 1.82) is 0 Å². The molecule has 0 heterocycles. The second-order valence-electron chi connectivity index (χ2n) is 11.5. The van der Waals surface area contributed by atoms with Gasteiger partial charge < -0.3 is 20.3 Å². The minimum absolute atomic E-state index is 0.0132. The number of nitrogens with zero attached hydrogens (tertiary/aromatic N) is 1. The molecule has 2 N–H and O–H groups in total. The van der Waals surface area contributed by atoms with Crippen molar-refractivity contribution in [3.05, 3.63) is 34.9 Å². The Morgan fingerprint density at radius 3 is 2.23 bits per heavy atom. The molecule has 3 unspecified atom stereocenters. The molecule has 0 aliphatic heterocycles. The highest BCUT2D eigenvalue weighted by molar-refractivity contribution is 7.98. The Bertz CT molecular complexity index is 916. The molecular formula is C31H53N3O4S. The van der Waals surface area contributed by atoms with Gasteiger partial charge in [-0.1, -0.05) is 57.7 Å². The van der Waals surface area contributed by atoms with E-state index in [1.165, 1.54) is 0 Å². The molecule has 0 saturated carbocycles. The highest BCUT2D eigenvalue weighted by Crippen LogP contribution is 2.26. The number of amides is 3. The van der Waals surface area contributed by atoms with Gasteiger partial charge in [-0.05, 0) is 89.5 Å². The van der Waals surface area contributed by atoms with E-state index in [4.69, 9.17) is 4.74 Å². The van der Waals surface area contributed by atoms with Crippen LogP contribution in [-0.4, -0.2) is 59.0 Å². The Balaban J connectivity index is 3.53. The summed E-state index contributed by atoms with van der Waals surface area (Å²) in [7, 11) is 0. The Kier molecular flexibility index (Phi) is 15.6. The van der Waals surface area contributed by atoms with E-state index in [0.29, 0.717) is 18.7 Å². The third-order valence-electron chi connectivity index (χ3n) is 6.65. The van der Waals surface area contributed by atoms with Gasteiger partial charge in [0.05, 0.1) is 0 Å². The second-order valence-corrected chi connectivity index (χ2v) is 12.5. The van der Waals surface area contributed by atoms with E-state index in [0.717, 1.165) is 55.2 Å². The summed E-state index contributed by atoms with van der Waals surface area (Å²) in [6, 6.07) is 4.35. The first-order valence-corrected chi connectivity index (χ1v) is 15.9. The number of ether oxygens (including phenoxy) is 1. The van der Waals surface area contributed by atoms with Crippen molar-refractivity contribution in [3.8, 4) is 0 Å². The number of hydrogen-bond acceptors (Lipinski definition) is 5. The largest absolute Gasteiger partial charge is 0.444 e. The summed E-state index contributed by atoms with van der Waals surface area (Å²) in [5.41, 5.74) is 2.29. The van der Waals surface area contributed by atoms with Crippen molar-refractivity contribution in [3.63, 3.8) is 0 Å². The van der Waals surface area contributed by atoms with E-state index in [-0.39, 0.29) is 17.9 Å². The van der Waals surface area contributed by atoms with Gasteiger partial charge in [-0.3, -0.25) is 9.59 Å². The number of alkyl carbamates (subject to hydrolysis) is 1. The van der Waals surface area contributed by atoms with Gasteiger partial charge in [-0.25, -0.2) is 4.79 Å². The lowest BCUT2D eigenvalue weighted by atomic mass is 9.97. The predicted molar refractivity (Wildman–Crippen MR) is 163 cm³/mol. The minimum Gasteiger partial charge on any atom is -0.444 e. The van der Waals surface area contributed by atoms with E-state index in [2.05, 4.69) is 24.5 Å². The van der Waals surface area contributed by atoms with Crippen LogP contribution in [0.15, 0.2) is 18.2 Å². The molecule has 0 aliphatic rings. The highest BCUT2D eigenvalue weighted by Gasteiger charge is 2.36. The lowest BCUT2D eigenvalue weighted by Gasteiger charge is -2.35. The van der Waals surface area contributed by atoms with Crippen LogP contribution in [0.3, 0.4) is 0 Å². The van der Waals surface area contributed by atoms with E-state index in [9.17, 15) is 14.4 Å². The Morgan fingerprint density at radius 2 is 1.67 bits per heavy atom. The first-order chi connectivity index (χ1) is 18.3. The van der Waals surface area contributed by atoms with Crippen LogP contribution < -0.4 is 10.6 Å². The van der Waals surface area contributed by atoms with Gasteiger partial charge in [0.1, 0.15) is 17.7 Å². The van der Waals surface area contributed by atoms with Crippen molar-refractivity contribution in [1.82, 2.24) is 15.5 Å². The second kappa shape index (κ2) is 17.5.